The molecule has 2 aromatic heterocycles. The normalized spacial score (nSPS) is 14.5. The van der Waals surface area contributed by atoms with Gasteiger partial charge in [-0.15, -0.1) is 0 Å². The van der Waals surface area contributed by atoms with E-state index in [0.29, 0.717) is 12.2 Å². The maximum Gasteiger partial charge on any atom is 0.254 e. The van der Waals surface area contributed by atoms with E-state index in [-0.39, 0.29) is 10.7 Å². The van der Waals surface area contributed by atoms with Gasteiger partial charge in [-0.1, -0.05) is 23.7 Å². The van der Waals surface area contributed by atoms with Crippen LogP contribution in [-0.4, -0.2) is 34.7 Å². The van der Waals surface area contributed by atoms with Crippen molar-refractivity contribution >= 4 is 34.6 Å². The molecule has 0 unspecified atom stereocenters. The summed E-state index contributed by atoms with van der Waals surface area (Å²) < 4.78 is 23.6. The van der Waals surface area contributed by atoms with Gasteiger partial charge in [-0.05, 0) is 12.1 Å². The van der Waals surface area contributed by atoms with Gasteiger partial charge in [-0.2, -0.15) is 5.10 Å². The van der Waals surface area contributed by atoms with Crippen LogP contribution in [0.25, 0.3) is 11.3 Å². The van der Waals surface area contributed by atoms with E-state index in [4.69, 9.17) is 15.7 Å². The minimum atomic E-state index is -2.62. The second-order valence-corrected chi connectivity index (χ2v) is 6.75. The van der Waals surface area contributed by atoms with Gasteiger partial charge in [0.15, 0.2) is 0 Å². The largest absolute Gasteiger partial charge is 0.368 e. The van der Waals surface area contributed by atoms with E-state index in [0.717, 1.165) is 28.2 Å². The summed E-state index contributed by atoms with van der Waals surface area (Å²) in [7, 11) is 3.86. The highest BCUT2D eigenvalue weighted by atomic mass is 35.5. The number of halogens is 1. The van der Waals surface area contributed by atoms with Crippen LogP contribution in [0.15, 0.2) is 36.7 Å². The maximum atomic E-state index is 12.5. The van der Waals surface area contributed by atoms with E-state index in [1.54, 1.807) is 4.68 Å². The molecule has 2 N–H and O–H groups in total. The Bertz CT molecular complexity index is 1140. The first kappa shape index (κ1) is 14.1. The monoisotopic (exact) mass is 385 g/mol. The summed E-state index contributed by atoms with van der Waals surface area (Å²) in [6.07, 6.45) is 3.25. The van der Waals surface area contributed by atoms with E-state index in [2.05, 4.69) is 20.3 Å². The van der Waals surface area contributed by atoms with Crippen molar-refractivity contribution in [1.29, 1.82) is 0 Å². The highest BCUT2D eigenvalue weighted by Crippen LogP contribution is 2.43. The number of benzene rings is 1. The van der Waals surface area contributed by atoms with Gasteiger partial charge < -0.3 is 15.5 Å². The molecule has 138 valence electrons. The van der Waals surface area contributed by atoms with Gasteiger partial charge in [0, 0.05) is 55.2 Å². The second-order valence-electron chi connectivity index (χ2n) is 6.37. The minimum Gasteiger partial charge on any atom is -0.368 e. The quantitative estimate of drug-likeness (QED) is 0.677. The van der Waals surface area contributed by atoms with Crippen molar-refractivity contribution in [3.05, 3.63) is 52.9 Å². The number of aromatic nitrogens is 3. The average Bonchev–Trinajstić information content (AvgIpc) is 3.00. The van der Waals surface area contributed by atoms with Gasteiger partial charge in [0.2, 0.25) is 0 Å². The number of anilines is 3. The highest BCUT2D eigenvalue weighted by Gasteiger charge is 2.25. The molecule has 1 aliphatic heterocycles. The SMILES string of the molecule is [2H]C([2H])([2H])NC(=O)c1cnc(Cl)cc1Nc1cccc2c1N(C)Cc1cn(C)nc1-2. The van der Waals surface area contributed by atoms with Gasteiger partial charge in [-0.25, -0.2) is 4.98 Å². The Kier molecular flexibility index (Phi) is 3.43. The Morgan fingerprint density at radius 2 is 2.19 bits per heavy atom. The molecule has 4 rings (SSSR count). The number of para-hydroxylation sites is 1. The third-order valence-electron chi connectivity index (χ3n) is 4.48. The first-order valence-corrected chi connectivity index (χ1v) is 8.62. The summed E-state index contributed by atoms with van der Waals surface area (Å²) >= 11 is 6.05. The maximum absolute atomic E-state index is 12.5. The third-order valence-corrected chi connectivity index (χ3v) is 4.69. The first-order chi connectivity index (χ1) is 14.1. The summed E-state index contributed by atoms with van der Waals surface area (Å²) in [4.78, 5) is 18.5. The van der Waals surface area contributed by atoms with E-state index in [1.807, 2.05) is 43.8 Å². The van der Waals surface area contributed by atoms with E-state index >= 15 is 0 Å². The highest BCUT2D eigenvalue weighted by molar-refractivity contribution is 6.29. The zero-order valence-electron chi connectivity index (χ0n) is 17.7. The van der Waals surface area contributed by atoms with Crippen molar-refractivity contribution in [2.45, 2.75) is 6.54 Å². The molecule has 0 bridgehead atoms. The number of carbonyl (C=O) groups excluding carboxylic acids is 1. The molecule has 0 atom stereocenters. The van der Waals surface area contributed by atoms with Crippen molar-refractivity contribution in [3.8, 4) is 11.3 Å². The van der Waals surface area contributed by atoms with E-state index < -0.39 is 12.9 Å². The van der Waals surface area contributed by atoms with Gasteiger partial charge in [0.05, 0.1) is 28.3 Å². The number of amides is 1. The molecule has 0 spiro atoms. The van der Waals surface area contributed by atoms with Crippen LogP contribution >= 0.6 is 11.6 Å². The van der Waals surface area contributed by atoms with Crippen LogP contribution in [0.5, 0.6) is 0 Å². The Morgan fingerprint density at radius 3 is 3.00 bits per heavy atom. The Morgan fingerprint density at radius 1 is 1.33 bits per heavy atom. The second kappa shape index (κ2) is 6.59. The van der Waals surface area contributed by atoms with Crippen molar-refractivity contribution in [2.75, 3.05) is 24.2 Å². The number of nitrogens with zero attached hydrogens (tertiary/aromatic N) is 4. The topological polar surface area (TPSA) is 75.1 Å². The van der Waals surface area contributed by atoms with Crippen molar-refractivity contribution in [1.82, 2.24) is 20.1 Å². The fourth-order valence-electron chi connectivity index (χ4n) is 3.39. The van der Waals surface area contributed by atoms with Crippen LogP contribution < -0.4 is 15.5 Å². The van der Waals surface area contributed by atoms with Gasteiger partial charge in [0.25, 0.3) is 5.91 Å². The first-order valence-electron chi connectivity index (χ1n) is 9.74. The molecule has 7 nitrogen and oxygen atoms in total. The molecule has 0 saturated heterocycles. The Labute approximate surface area is 166 Å². The molecule has 1 aromatic carbocycles. The smallest absolute Gasteiger partial charge is 0.254 e. The molecule has 0 aliphatic carbocycles. The Balaban J connectivity index is 1.77. The summed E-state index contributed by atoms with van der Waals surface area (Å²) in [6, 6.07) is 7.25. The third kappa shape index (κ3) is 3.00. The number of rotatable bonds is 3. The number of carbonyl (C=O) groups is 1. The lowest BCUT2D eigenvalue weighted by Crippen LogP contribution is -2.23. The molecule has 27 heavy (non-hydrogen) atoms. The molecular weight excluding hydrogens is 364 g/mol. The molecule has 3 aromatic rings. The predicted octanol–water partition coefficient (Wildman–Crippen LogP) is 3.19. The van der Waals surface area contributed by atoms with Crippen LogP contribution in [0.2, 0.25) is 5.15 Å². The van der Waals surface area contributed by atoms with E-state index in [9.17, 15) is 4.79 Å². The molecule has 1 amide bonds. The zero-order valence-corrected chi connectivity index (χ0v) is 15.5. The zero-order chi connectivity index (χ0) is 21.6. The summed E-state index contributed by atoms with van der Waals surface area (Å²) in [6.45, 7) is -1.94. The Hall–Kier alpha value is -3.06. The fourth-order valence-corrected chi connectivity index (χ4v) is 3.55. The summed E-state index contributed by atoms with van der Waals surface area (Å²) in [5.74, 6) is -0.771. The van der Waals surface area contributed by atoms with Crippen molar-refractivity contribution in [2.24, 2.45) is 7.05 Å². The summed E-state index contributed by atoms with van der Waals surface area (Å²) in [5.41, 5.74) is 5.06. The molecule has 0 radical (unpaired) electrons. The van der Waals surface area contributed by atoms with Crippen LogP contribution in [-0.2, 0) is 13.6 Å². The number of aryl methyl sites for hydroxylation is 1. The standard InChI is InChI=1S/C19H19ClN6O/c1-21-19(27)13-8-22-16(20)7-15(13)23-14-6-4-5-12-17-11(10-26(3)24-17)9-25(2)18(12)14/h4-8,10H,9H2,1-3H3,(H,21,27)(H,22,23)/i1D3. The fraction of sp³-hybridized carbons (Fsp3) is 0.211. The predicted molar refractivity (Wildman–Crippen MR) is 107 cm³/mol. The number of nitrogens with one attached hydrogen (secondary N) is 2. The number of hydrogen-bond donors (Lipinski definition) is 2. The van der Waals surface area contributed by atoms with Crippen molar-refractivity contribution < 1.29 is 8.91 Å². The number of pyridine rings is 1. The average molecular weight is 386 g/mol. The number of hydrogen-bond acceptors (Lipinski definition) is 5. The lowest BCUT2D eigenvalue weighted by molar-refractivity contribution is 0.0963. The van der Waals surface area contributed by atoms with E-state index in [1.165, 1.54) is 12.3 Å². The molecule has 3 heterocycles. The molecule has 0 saturated carbocycles. The minimum absolute atomic E-state index is 0.0742. The van der Waals surface area contributed by atoms with Crippen LogP contribution in [0.1, 0.15) is 20.0 Å². The molecule has 1 aliphatic rings. The molecule has 0 fully saturated rings. The van der Waals surface area contributed by atoms with Gasteiger partial charge in [0.1, 0.15) is 5.15 Å². The van der Waals surface area contributed by atoms with Gasteiger partial charge in [-0.3, -0.25) is 9.48 Å². The molecule has 8 heteroatoms. The van der Waals surface area contributed by atoms with Crippen molar-refractivity contribution in [3.63, 3.8) is 0 Å². The van der Waals surface area contributed by atoms with Gasteiger partial charge >= 0.3 is 0 Å². The van der Waals surface area contributed by atoms with Crippen LogP contribution in [0, 0.1) is 0 Å². The van der Waals surface area contributed by atoms with Crippen LogP contribution in [0.3, 0.4) is 0 Å². The molecular formula is C19H19ClN6O. The lowest BCUT2D eigenvalue weighted by Gasteiger charge is -2.29. The lowest BCUT2D eigenvalue weighted by atomic mass is 9.99. The summed E-state index contributed by atoms with van der Waals surface area (Å²) in [5, 5.41) is 9.97. The number of fused-ring (bicyclic) bond motifs is 3. The van der Waals surface area contributed by atoms with Crippen LogP contribution in [0.4, 0.5) is 17.1 Å².